The molecule has 0 spiro atoms. The van der Waals surface area contributed by atoms with Gasteiger partial charge in [0.1, 0.15) is 5.75 Å². The molecule has 0 N–H and O–H groups in total. The Hall–Kier alpha value is -1.90. The lowest BCUT2D eigenvalue weighted by molar-refractivity contribution is 0.304. The van der Waals surface area contributed by atoms with Crippen LogP contribution < -0.4 is 4.74 Å². The Kier molecular flexibility index (Phi) is 7.04. The lowest BCUT2D eigenvalue weighted by atomic mass is 9.86. The van der Waals surface area contributed by atoms with Crippen molar-refractivity contribution in [3.05, 3.63) is 41.7 Å². The lowest BCUT2D eigenvalue weighted by Crippen LogP contribution is -2.15. The molecule has 0 saturated heterocycles. The molecule has 1 atom stereocenters. The highest BCUT2D eigenvalue weighted by atomic mass is 16.5. The molecule has 0 aliphatic heterocycles. The summed E-state index contributed by atoms with van der Waals surface area (Å²) in [5, 5.41) is 0. The zero-order valence-corrected chi connectivity index (χ0v) is 16.3. The molecule has 1 unspecified atom stereocenters. The molecule has 1 heterocycles. The summed E-state index contributed by atoms with van der Waals surface area (Å²) >= 11 is 0. The van der Waals surface area contributed by atoms with Crippen LogP contribution >= 0.6 is 0 Å². The van der Waals surface area contributed by atoms with Crippen LogP contribution in [0.5, 0.6) is 5.75 Å². The van der Waals surface area contributed by atoms with Crippen LogP contribution in [-0.4, -0.2) is 16.6 Å². The number of nitrogens with zero attached hydrogens (tertiary/aromatic N) is 2. The number of ether oxygens (including phenoxy) is 1. The average molecular weight is 353 g/mol. The molecule has 0 fully saturated rings. The molecule has 2 aromatic rings. The van der Waals surface area contributed by atoms with E-state index < -0.39 is 0 Å². The molecule has 1 aliphatic rings. The molecule has 1 aromatic carbocycles. The van der Waals surface area contributed by atoms with Gasteiger partial charge in [0, 0.05) is 17.5 Å². The van der Waals surface area contributed by atoms with E-state index >= 15 is 0 Å². The maximum Gasteiger partial charge on any atom is 0.159 e. The SMILES string of the molecule is CCCCCCCOc1ccc(-c2ncc3c(n2)CCC(CC)C3)cc1. The van der Waals surface area contributed by atoms with E-state index in [1.54, 1.807) is 0 Å². The smallest absolute Gasteiger partial charge is 0.159 e. The number of benzene rings is 1. The molecule has 26 heavy (non-hydrogen) atoms. The van der Waals surface area contributed by atoms with Gasteiger partial charge in [0.2, 0.25) is 0 Å². The van der Waals surface area contributed by atoms with E-state index in [0.29, 0.717) is 0 Å². The fourth-order valence-electron chi connectivity index (χ4n) is 3.67. The third kappa shape index (κ3) is 5.06. The summed E-state index contributed by atoms with van der Waals surface area (Å²) in [4.78, 5) is 9.45. The van der Waals surface area contributed by atoms with Crippen molar-refractivity contribution in [2.45, 2.75) is 71.6 Å². The predicted molar refractivity (Wildman–Crippen MR) is 108 cm³/mol. The Balaban J connectivity index is 1.55. The Morgan fingerprint density at radius 3 is 2.62 bits per heavy atom. The van der Waals surface area contributed by atoms with Gasteiger partial charge >= 0.3 is 0 Å². The van der Waals surface area contributed by atoms with Crippen molar-refractivity contribution < 1.29 is 4.74 Å². The highest BCUT2D eigenvalue weighted by molar-refractivity contribution is 5.56. The van der Waals surface area contributed by atoms with Crippen LogP contribution in [0.2, 0.25) is 0 Å². The number of hydrogen-bond donors (Lipinski definition) is 0. The number of aryl methyl sites for hydroxylation is 1. The van der Waals surface area contributed by atoms with E-state index in [4.69, 9.17) is 9.72 Å². The summed E-state index contributed by atoms with van der Waals surface area (Å²) < 4.78 is 5.85. The van der Waals surface area contributed by atoms with Crippen LogP contribution in [0, 0.1) is 5.92 Å². The largest absolute Gasteiger partial charge is 0.494 e. The fourth-order valence-corrected chi connectivity index (χ4v) is 3.67. The summed E-state index contributed by atoms with van der Waals surface area (Å²) in [6.07, 6.45) is 13.1. The Labute approximate surface area is 158 Å². The molecule has 0 radical (unpaired) electrons. The quantitative estimate of drug-likeness (QED) is 0.519. The Morgan fingerprint density at radius 2 is 1.85 bits per heavy atom. The minimum Gasteiger partial charge on any atom is -0.494 e. The van der Waals surface area contributed by atoms with Crippen LogP contribution in [0.4, 0.5) is 0 Å². The number of fused-ring (bicyclic) bond motifs is 1. The van der Waals surface area contributed by atoms with Gasteiger partial charge in [0.25, 0.3) is 0 Å². The number of hydrogen-bond acceptors (Lipinski definition) is 3. The molecule has 1 aliphatic carbocycles. The second-order valence-corrected chi connectivity index (χ2v) is 7.47. The lowest BCUT2D eigenvalue weighted by Gasteiger charge is -2.22. The molecular weight excluding hydrogens is 320 g/mol. The van der Waals surface area contributed by atoms with E-state index in [-0.39, 0.29) is 0 Å². The number of aromatic nitrogens is 2. The van der Waals surface area contributed by atoms with E-state index in [1.165, 1.54) is 49.8 Å². The molecule has 140 valence electrons. The highest BCUT2D eigenvalue weighted by Crippen LogP contribution is 2.28. The van der Waals surface area contributed by atoms with Gasteiger partial charge in [-0.15, -0.1) is 0 Å². The third-order valence-electron chi connectivity index (χ3n) is 5.46. The van der Waals surface area contributed by atoms with Crippen LogP contribution in [-0.2, 0) is 12.8 Å². The topological polar surface area (TPSA) is 35.0 Å². The molecule has 1 aromatic heterocycles. The Morgan fingerprint density at radius 1 is 1.04 bits per heavy atom. The van der Waals surface area contributed by atoms with Gasteiger partial charge in [-0.05, 0) is 61.4 Å². The average Bonchev–Trinajstić information content (AvgIpc) is 2.70. The molecular formula is C23H32N2O. The first-order valence-electron chi connectivity index (χ1n) is 10.4. The molecule has 0 bridgehead atoms. The van der Waals surface area contributed by atoms with Crippen LogP contribution in [0.3, 0.4) is 0 Å². The second kappa shape index (κ2) is 9.70. The minimum absolute atomic E-state index is 0.801. The minimum atomic E-state index is 0.801. The fraction of sp³-hybridized carbons (Fsp3) is 0.565. The molecule has 3 rings (SSSR count). The summed E-state index contributed by atoms with van der Waals surface area (Å²) in [5.74, 6) is 2.58. The van der Waals surface area contributed by atoms with E-state index in [0.717, 1.165) is 48.9 Å². The third-order valence-corrected chi connectivity index (χ3v) is 5.46. The van der Waals surface area contributed by atoms with Crippen molar-refractivity contribution in [3.63, 3.8) is 0 Å². The van der Waals surface area contributed by atoms with Gasteiger partial charge < -0.3 is 4.74 Å². The van der Waals surface area contributed by atoms with Crippen molar-refractivity contribution in [2.75, 3.05) is 6.61 Å². The summed E-state index contributed by atoms with van der Waals surface area (Å²) in [6, 6.07) is 8.23. The van der Waals surface area contributed by atoms with Crippen LogP contribution in [0.1, 0.15) is 70.1 Å². The van der Waals surface area contributed by atoms with Crippen molar-refractivity contribution in [3.8, 4) is 17.1 Å². The van der Waals surface area contributed by atoms with Crippen LogP contribution in [0.15, 0.2) is 30.5 Å². The first-order chi connectivity index (χ1) is 12.8. The van der Waals surface area contributed by atoms with Crippen molar-refractivity contribution in [1.82, 2.24) is 9.97 Å². The van der Waals surface area contributed by atoms with E-state index in [2.05, 4.69) is 31.0 Å². The Bertz CT molecular complexity index is 681. The van der Waals surface area contributed by atoms with Gasteiger partial charge in [-0.1, -0.05) is 46.0 Å². The van der Waals surface area contributed by atoms with Gasteiger partial charge in [0.05, 0.1) is 6.61 Å². The summed E-state index contributed by atoms with van der Waals surface area (Å²) in [5.41, 5.74) is 3.66. The zero-order valence-electron chi connectivity index (χ0n) is 16.3. The molecule has 0 amide bonds. The normalized spacial score (nSPS) is 16.3. The van der Waals surface area contributed by atoms with Gasteiger partial charge in [0.15, 0.2) is 5.82 Å². The van der Waals surface area contributed by atoms with E-state index in [1.807, 2.05) is 18.3 Å². The van der Waals surface area contributed by atoms with Crippen LogP contribution in [0.25, 0.3) is 11.4 Å². The van der Waals surface area contributed by atoms with Gasteiger partial charge in [-0.2, -0.15) is 0 Å². The maximum absolute atomic E-state index is 5.85. The first kappa shape index (κ1) is 18.9. The highest BCUT2D eigenvalue weighted by Gasteiger charge is 2.19. The summed E-state index contributed by atoms with van der Waals surface area (Å²) in [7, 11) is 0. The first-order valence-corrected chi connectivity index (χ1v) is 10.4. The van der Waals surface area contributed by atoms with E-state index in [9.17, 15) is 0 Å². The van der Waals surface area contributed by atoms with Gasteiger partial charge in [-0.25, -0.2) is 9.97 Å². The number of rotatable bonds is 9. The van der Waals surface area contributed by atoms with Crippen molar-refractivity contribution >= 4 is 0 Å². The van der Waals surface area contributed by atoms with Crippen molar-refractivity contribution in [1.29, 1.82) is 0 Å². The molecule has 3 nitrogen and oxygen atoms in total. The summed E-state index contributed by atoms with van der Waals surface area (Å²) in [6.45, 7) is 5.32. The standard InChI is InChI=1S/C23H32N2O/c1-3-5-6-7-8-15-26-21-12-10-19(11-13-21)23-24-17-20-16-18(4-2)9-14-22(20)25-23/h10-13,17-18H,3-9,14-16H2,1-2H3. The molecule has 0 saturated carbocycles. The predicted octanol–water partition coefficient (Wildman–Crippen LogP) is 6.01. The maximum atomic E-state index is 5.85. The monoisotopic (exact) mass is 352 g/mol. The number of unbranched alkanes of at least 4 members (excludes halogenated alkanes) is 4. The molecule has 3 heteroatoms. The zero-order chi connectivity index (χ0) is 18.2. The van der Waals surface area contributed by atoms with Gasteiger partial charge in [-0.3, -0.25) is 0 Å². The van der Waals surface area contributed by atoms with Crippen molar-refractivity contribution in [2.24, 2.45) is 5.92 Å². The second-order valence-electron chi connectivity index (χ2n) is 7.47.